The summed E-state index contributed by atoms with van der Waals surface area (Å²) in [5.41, 5.74) is 0. The van der Waals surface area contributed by atoms with Crippen molar-refractivity contribution in [3.63, 3.8) is 0 Å². The second-order valence-electron chi connectivity index (χ2n) is 14.3. The molecule has 0 aromatic carbocycles. The highest BCUT2D eigenvalue weighted by atomic mass is 16.6. The Morgan fingerprint density at radius 2 is 1.02 bits per heavy atom. The van der Waals surface area contributed by atoms with E-state index < -0.39 is 80.2 Å². The predicted octanol–water partition coefficient (Wildman–Crippen LogP) is 2.79. The number of likely N-dealkylation sites (tertiary alicyclic amines) is 1. The lowest BCUT2D eigenvalue weighted by molar-refractivity contribution is -0.155. The number of carbonyl (C=O) groups excluding carboxylic acids is 5. The van der Waals surface area contributed by atoms with Crippen LogP contribution in [0.3, 0.4) is 0 Å². The van der Waals surface area contributed by atoms with Gasteiger partial charge in [-0.05, 0) is 26.9 Å². The minimum Gasteiger partial charge on any atom is -0.480 e. The maximum atomic E-state index is 13.2. The maximum absolute atomic E-state index is 13.2. The summed E-state index contributed by atoms with van der Waals surface area (Å²) < 4.78 is 27.1. The van der Waals surface area contributed by atoms with Crippen LogP contribution in [0.5, 0.6) is 0 Å². The van der Waals surface area contributed by atoms with Gasteiger partial charge in [-0.3, -0.25) is 43.5 Å². The number of likely N-dealkylation sites (N-methyl/N-ethyl adjacent to an activating group) is 1. The number of esters is 4. The van der Waals surface area contributed by atoms with Gasteiger partial charge in [-0.2, -0.15) is 0 Å². The minimum absolute atomic E-state index is 0.0381. The summed E-state index contributed by atoms with van der Waals surface area (Å²) >= 11 is 0. The van der Waals surface area contributed by atoms with Crippen molar-refractivity contribution in [2.45, 2.75) is 109 Å². The van der Waals surface area contributed by atoms with Crippen molar-refractivity contribution in [3.8, 4) is 0 Å². The van der Waals surface area contributed by atoms with Crippen molar-refractivity contribution >= 4 is 41.9 Å². The molecule has 0 radical (unpaired) electrons. The molecule has 0 aromatic heterocycles. The third-order valence-electron chi connectivity index (χ3n) is 8.76. The molecule has 1 heterocycles. The molecule has 1 aliphatic heterocycles. The lowest BCUT2D eigenvalue weighted by Crippen LogP contribution is -2.42. The zero-order valence-corrected chi connectivity index (χ0v) is 33.9. The molecule has 56 heavy (non-hydrogen) atoms. The number of hydrogen-bond acceptors (Lipinski definition) is 15. The van der Waals surface area contributed by atoms with Crippen LogP contribution < -0.4 is 0 Å². The molecule has 2 N–H and O–H groups in total. The third kappa shape index (κ3) is 25.2. The number of carboxylic acid groups (broad SMARTS) is 2. The highest BCUT2D eigenvalue weighted by molar-refractivity contribution is 5.79. The van der Waals surface area contributed by atoms with Gasteiger partial charge in [0.1, 0.15) is 19.3 Å². The molecular formula is C38H66N4O14. The first-order valence-corrected chi connectivity index (χ1v) is 19.9. The molecule has 0 saturated carbocycles. The number of nitrogens with zero attached hydrogens (tertiary/aromatic N) is 4. The maximum Gasteiger partial charge on any atom is 0.410 e. The summed E-state index contributed by atoms with van der Waals surface area (Å²) in [6.45, 7) is 1.49. The van der Waals surface area contributed by atoms with E-state index >= 15 is 0 Å². The quantitative estimate of drug-likeness (QED) is 0.0568. The highest BCUT2D eigenvalue weighted by Crippen LogP contribution is 2.22. The SMILES string of the molecule is CCCCCCCCOC(=O)CN(CC(=O)OCCCCCCCC)CC(=O)O[C@H]1C[C@@H](COC(=O)CN(CC(=O)O)CC(=O)O)N(C(=O)OCCN(C)C)C1. The van der Waals surface area contributed by atoms with Crippen LogP contribution >= 0.6 is 0 Å². The molecule has 0 aliphatic carbocycles. The minimum atomic E-state index is -1.33. The van der Waals surface area contributed by atoms with Crippen molar-refractivity contribution in [2.24, 2.45) is 0 Å². The number of ether oxygens (including phenoxy) is 5. The Kier molecular flexibility index (Phi) is 26.9. The predicted molar refractivity (Wildman–Crippen MR) is 203 cm³/mol. The van der Waals surface area contributed by atoms with E-state index in [4.69, 9.17) is 33.9 Å². The second-order valence-corrected chi connectivity index (χ2v) is 14.3. The number of rotatable bonds is 32. The van der Waals surface area contributed by atoms with Crippen molar-refractivity contribution in [1.29, 1.82) is 0 Å². The van der Waals surface area contributed by atoms with E-state index in [0.717, 1.165) is 69.1 Å². The number of carboxylic acids is 2. The highest BCUT2D eigenvalue weighted by Gasteiger charge is 2.39. The Labute approximate surface area is 331 Å². The monoisotopic (exact) mass is 802 g/mol. The first-order chi connectivity index (χ1) is 26.7. The summed E-state index contributed by atoms with van der Waals surface area (Å²) in [6.07, 6.45) is 10.5. The smallest absolute Gasteiger partial charge is 0.410 e. The molecule has 322 valence electrons. The van der Waals surface area contributed by atoms with E-state index in [1.165, 1.54) is 9.80 Å². The van der Waals surface area contributed by atoms with E-state index in [1.54, 1.807) is 14.1 Å². The van der Waals surface area contributed by atoms with Crippen LogP contribution in [0.25, 0.3) is 0 Å². The van der Waals surface area contributed by atoms with E-state index in [0.29, 0.717) is 19.4 Å². The van der Waals surface area contributed by atoms with Gasteiger partial charge in [0.2, 0.25) is 0 Å². The van der Waals surface area contributed by atoms with E-state index in [9.17, 15) is 33.6 Å². The van der Waals surface area contributed by atoms with Crippen LogP contribution in [0, 0.1) is 0 Å². The van der Waals surface area contributed by atoms with Crippen LogP contribution in [0.4, 0.5) is 4.79 Å². The Balaban J connectivity index is 2.91. The topological polar surface area (TPSA) is 219 Å². The average Bonchev–Trinajstić information content (AvgIpc) is 3.51. The van der Waals surface area contributed by atoms with Gasteiger partial charge < -0.3 is 38.8 Å². The van der Waals surface area contributed by atoms with Crippen molar-refractivity contribution in [2.75, 3.05) is 92.9 Å². The van der Waals surface area contributed by atoms with Crippen LogP contribution in [-0.4, -0.2) is 177 Å². The van der Waals surface area contributed by atoms with Gasteiger partial charge in [-0.1, -0.05) is 78.1 Å². The first-order valence-electron chi connectivity index (χ1n) is 19.9. The van der Waals surface area contributed by atoms with E-state index in [-0.39, 0.29) is 52.5 Å². The molecule has 1 fully saturated rings. The zero-order chi connectivity index (χ0) is 41.7. The number of unbranched alkanes of at least 4 members (excludes halogenated alkanes) is 10. The molecule has 1 saturated heterocycles. The molecular weight excluding hydrogens is 736 g/mol. The van der Waals surface area contributed by atoms with Crippen LogP contribution in [-0.2, 0) is 52.5 Å². The standard InChI is InChI=1S/C38H66N4O14/c1-5-7-9-11-13-15-18-52-34(47)25-41(26-35(48)53-19-16-14-12-10-8-6-2)28-37(50)56-31-21-30(42(22-31)38(51)54-20-17-39(3)4)29-55-36(49)27-40(23-32(43)44)24-33(45)46/h30-31H,5-29H2,1-4H3,(H,43,44)(H,45,46)/t30-,31-/m0/s1. The summed E-state index contributed by atoms with van der Waals surface area (Å²) in [5.74, 6) is -5.57. The third-order valence-corrected chi connectivity index (χ3v) is 8.76. The average molecular weight is 803 g/mol. The van der Waals surface area contributed by atoms with Gasteiger partial charge in [0, 0.05) is 13.0 Å². The Bertz CT molecular complexity index is 1160. The molecule has 1 amide bonds. The lowest BCUT2D eigenvalue weighted by atomic mass is 10.1. The molecule has 1 rings (SSSR count). The molecule has 0 bridgehead atoms. The first kappa shape index (κ1) is 50.0. The number of hydrogen-bond donors (Lipinski definition) is 2. The van der Waals surface area contributed by atoms with Gasteiger partial charge in [0.05, 0.1) is 65.1 Å². The van der Waals surface area contributed by atoms with Crippen LogP contribution in [0.2, 0.25) is 0 Å². The summed E-state index contributed by atoms with van der Waals surface area (Å²) in [6, 6.07) is -0.805. The van der Waals surface area contributed by atoms with Gasteiger partial charge >= 0.3 is 41.9 Å². The fraction of sp³-hybridized carbons (Fsp3) is 0.816. The second kappa shape index (κ2) is 30.2. The normalized spacial score (nSPS) is 15.2. The number of aliphatic carboxylic acids is 2. The lowest BCUT2D eigenvalue weighted by Gasteiger charge is -2.24. The van der Waals surface area contributed by atoms with Gasteiger partial charge in [0.15, 0.2) is 0 Å². The fourth-order valence-corrected chi connectivity index (χ4v) is 5.87. The van der Waals surface area contributed by atoms with Gasteiger partial charge in [-0.25, -0.2) is 4.79 Å². The van der Waals surface area contributed by atoms with Gasteiger partial charge in [-0.15, -0.1) is 0 Å². The molecule has 0 spiro atoms. The number of amides is 1. The largest absolute Gasteiger partial charge is 0.480 e. The Morgan fingerprint density at radius 3 is 1.50 bits per heavy atom. The van der Waals surface area contributed by atoms with Gasteiger partial charge in [0.25, 0.3) is 0 Å². The Hall–Kier alpha value is -4.03. The van der Waals surface area contributed by atoms with Crippen molar-refractivity contribution < 1.29 is 67.5 Å². The van der Waals surface area contributed by atoms with E-state index in [2.05, 4.69) is 13.8 Å². The Morgan fingerprint density at radius 1 is 0.571 bits per heavy atom. The van der Waals surface area contributed by atoms with E-state index in [1.807, 2.05) is 4.90 Å². The molecule has 2 atom stereocenters. The van der Waals surface area contributed by atoms with Crippen molar-refractivity contribution in [3.05, 3.63) is 0 Å². The molecule has 18 heteroatoms. The molecule has 0 unspecified atom stereocenters. The summed E-state index contributed by atoms with van der Waals surface area (Å²) in [4.78, 5) is 91.8. The summed E-state index contributed by atoms with van der Waals surface area (Å²) in [5, 5.41) is 18.1. The summed E-state index contributed by atoms with van der Waals surface area (Å²) in [7, 11) is 3.60. The number of carbonyl (C=O) groups is 7. The molecule has 1 aliphatic rings. The van der Waals surface area contributed by atoms with Crippen LogP contribution in [0.15, 0.2) is 0 Å². The van der Waals surface area contributed by atoms with Crippen molar-refractivity contribution in [1.82, 2.24) is 19.6 Å². The molecule has 18 nitrogen and oxygen atoms in total. The van der Waals surface area contributed by atoms with Crippen LogP contribution in [0.1, 0.15) is 97.3 Å². The zero-order valence-electron chi connectivity index (χ0n) is 33.9. The fourth-order valence-electron chi connectivity index (χ4n) is 5.87. The molecule has 0 aromatic rings.